The molecule has 7 heteroatoms. The second-order valence-electron chi connectivity index (χ2n) is 7.08. The van der Waals surface area contributed by atoms with Gasteiger partial charge >= 0.3 is 0 Å². The van der Waals surface area contributed by atoms with E-state index in [0.717, 1.165) is 29.6 Å². The molecule has 0 radical (unpaired) electrons. The van der Waals surface area contributed by atoms with Crippen LogP contribution >= 0.6 is 0 Å². The Balaban J connectivity index is 1.84. The Morgan fingerprint density at radius 2 is 1.96 bits per heavy atom. The largest absolute Gasteiger partial charge is 0.497 e. The van der Waals surface area contributed by atoms with Crippen molar-refractivity contribution in [2.45, 2.75) is 46.3 Å². The van der Waals surface area contributed by atoms with Crippen LogP contribution in [0.15, 0.2) is 29.3 Å². The second-order valence-corrected chi connectivity index (χ2v) is 7.08. The van der Waals surface area contributed by atoms with E-state index < -0.39 is 0 Å². The number of hydrogen-bond acceptors (Lipinski definition) is 4. The first kappa shape index (κ1) is 21.6. The Morgan fingerprint density at radius 1 is 1.25 bits per heavy atom. The molecule has 2 rings (SSSR count). The van der Waals surface area contributed by atoms with Crippen LogP contribution in [0.5, 0.6) is 11.5 Å². The number of aromatic nitrogens is 2. The Labute approximate surface area is 168 Å². The van der Waals surface area contributed by atoms with Crippen LogP contribution in [0.25, 0.3) is 0 Å². The van der Waals surface area contributed by atoms with E-state index in [1.807, 2.05) is 42.9 Å². The minimum atomic E-state index is -0.0243. The lowest BCUT2D eigenvalue weighted by Crippen LogP contribution is -2.45. The van der Waals surface area contributed by atoms with Gasteiger partial charge in [-0.1, -0.05) is 6.07 Å². The third-order valence-corrected chi connectivity index (χ3v) is 4.71. The topological polar surface area (TPSA) is 72.7 Å². The van der Waals surface area contributed by atoms with E-state index in [0.29, 0.717) is 6.54 Å². The van der Waals surface area contributed by atoms with E-state index in [1.54, 1.807) is 14.2 Å². The van der Waals surface area contributed by atoms with E-state index in [2.05, 4.69) is 41.5 Å². The molecular formula is C21H33N5O2. The summed E-state index contributed by atoms with van der Waals surface area (Å²) in [5, 5.41) is 11.3. The molecule has 28 heavy (non-hydrogen) atoms. The van der Waals surface area contributed by atoms with Crippen LogP contribution in [0, 0.1) is 13.8 Å². The molecule has 0 fully saturated rings. The highest BCUT2D eigenvalue weighted by molar-refractivity contribution is 5.80. The zero-order chi connectivity index (χ0) is 20.7. The maximum atomic E-state index is 5.95. The van der Waals surface area contributed by atoms with Crippen LogP contribution in [-0.2, 0) is 13.5 Å². The Bertz CT molecular complexity index is 800. The summed E-state index contributed by atoms with van der Waals surface area (Å²) in [5.41, 5.74) is 3.57. The van der Waals surface area contributed by atoms with Gasteiger partial charge in [0.25, 0.3) is 0 Å². The first-order valence-electron chi connectivity index (χ1n) is 9.61. The Kier molecular flexibility index (Phi) is 7.72. The number of benzene rings is 1. The molecule has 0 aliphatic heterocycles. The summed E-state index contributed by atoms with van der Waals surface area (Å²) in [4.78, 5) is 4.32. The SMILES string of the molecule is CN=C(NCC(C)Oc1cccc(OC)c1)NC(C)Cc1c(C)nn(C)c1C. The second kappa shape index (κ2) is 10.0. The molecule has 0 spiro atoms. The van der Waals surface area contributed by atoms with E-state index >= 15 is 0 Å². The first-order valence-corrected chi connectivity index (χ1v) is 9.61. The van der Waals surface area contributed by atoms with Crippen molar-refractivity contribution < 1.29 is 9.47 Å². The molecule has 0 aliphatic rings. The van der Waals surface area contributed by atoms with Crippen molar-refractivity contribution in [2.75, 3.05) is 20.7 Å². The number of ether oxygens (including phenoxy) is 2. The molecule has 0 bridgehead atoms. The van der Waals surface area contributed by atoms with Crippen LogP contribution in [-0.4, -0.2) is 48.6 Å². The molecule has 1 aromatic heterocycles. The maximum Gasteiger partial charge on any atom is 0.191 e. The van der Waals surface area contributed by atoms with Gasteiger partial charge in [0, 0.05) is 31.9 Å². The average Bonchev–Trinajstić information content (AvgIpc) is 2.91. The zero-order valence-electron chi connectivity index (χ0n) is 18.0. The normalized spacial score (nSPS) is 13.8. The van der Waals surface area contributed by atoms with Crippen molar-refractivity contribution in [1.29, 1.82) is 0 Å². The minimum absolute atomic E-state index is 0.0243. The molecule has 154 valence electrons. The van der Waals surface area contributed by atoms with Crippen molar-refractivity contribution in [3.05, 3.63) is 41.2 Å². The fourth-order valence-electron chi connectivity index (χ4n) is 3.09. The lowest BCUT2D eigenvalue weighted by atomic mass is 10.1. The first-order chi connectivity index (χ1) is 13.3. The predicted molar refractivity (Wildman–Crippen MR) is 113 cm³/mol. The van der Waals surface area contributed by atoms with E-state index in [4.69, 9.17) is 9.47 Å². The molecule has 2 aromatic rings. The highest BCUT2D eigenvalue weighted by Crippen LogP contribution is 2.19. The highest BCUT2D eigenvalue weighted by Gasteiger charge is 2.14. The summed E-state index contributed by atoms with van der Waals surface area (Å²) >= 11 is 0. The molecule has 2 unspecified atom stereocenters. The number of nitrogens with one attached hydrogen (secondary N) is 2. The van der Waals surface area contributed by atoms with E-state index in [1.165, 1.54) is 11.3 Å². The molecule has 0 aliphatic carbocycles. The lowest BCUT2D eigenvalue weighted by Gasteiger charge is -2.21. The summed E-state index contributed by atoms with van der Waals surface area (Å²) in [7, 11) is 5.40. The quantitative estimate of drug-likeness (QED) is 0.538. The van der Waals surface area contributed by atoms with E-state index in [9.17, 15) is 0 Å². The third kappa shape index (κ3) is 5.90. The summed E-state index contributed by atoms with van der Waals surface area (Å²) in [6.07, 6.45) is 0.867. The third-order valence-electron chi connectivity index (χ3n) is 4.71. The van der Waals surface area contributed by atoms with Crippen molar-refractivity contribution in [2.24, 2.45) is 12.0 Å². The predicted octanol–water partition coefficient (Wildman–Crippen LogP) is 2.61. The number of aliphatic imine (C=N–C) groups is 1. The number of rotatable bonds is 8. The van der Waals surface area contributed by atoms with Gasteiger partial charge in [0.15, 0.2) is 5.96 Å². The van der Waals surface area contributed by atoms with Gasteiger partial charge in [0.1, 0.15) is 17.6 Å². The summed E-state index contributed by atoms with van der Waals surface area (Å²) in [6, 6.07) is 7.84. The molecule has 0 saturated heterocycles. The number of guanidine groups is 1. The molecule has 2 N–H and O–H groups in total. The van der Waals surface area contributed by atoms with Gasteiger partial charge in [-0.3, -0.25) is 9.67 Å². The molecule has 2 atom stereocenters. The lowest BCUT2D eigenvalue weighted by molar-refractivity contribution is 0.223. The van der Waals surface area contributed by atoms with Gasteiger partial charge in [0.05, 0.1) is 19.3 Å². The van der Waals surface area contributed by atoms with Crippen molar-refractivity contribution in [3.63, 3.8) is 0 Å². The van der Waals surface area contributed by atoms with Gasteiger partial charge in [-0.25, -0.2) is 0 Å². The molecule has 0 saturated carbocycles. The van der Waals surface area contributed by atoms with Gasteiger partial charge in [-0.2, -0.15) is 5.10 Å². The average molecular weight is 388 g/mol. The summed E-state index contributed by atoms with van der Waals surface area (Å²) in [5.74, 6) is 2.32. The van der Waals surface area contributed by atoms with Crippen LogP contribution in [0.2, 0.25) is 0 Å². The van der Waals surface area contributed by atoms with Gasteiger partial charge in [0.2, 0.25) is 0 Å². The standard InChI is InChI=1S/C21H33N5O2/c1-14(11-20-16(3)25-26(6)17(20)4)24-21(22-5)23-13-15(2)28-19-10-8-9-18(12-19)27-7/h8-10,12,14-15H,11,13H2,1-7H3,(H2,22,23,24). The highest BCUT2D eigenvalue weighted by atomic mass is 16.5. The fraction of sp³-hybridized carbons (Fsp3) is 0.524. The van der Waals surface area contributed by atoms with Crippen LogP contribution in [0.1, 0.15) is 30.8 Å². The summed E-state index contributed by atoms with van der Waals surface area (Å²) < 4.78 is 13.1. The van der Waals surface area contributed by atoms with Crippen LogP contribution in [0.4, 0.5) is 0 Å². The molecule has 1 aromatic carbocycles. The molecule has 0 amide bonds. The van der Waals surface area contributed by atoms with Crippen molar-refractivity contribution >= 4 is 5.96 Å². The summed E-state index contributed by atoms with van der Waals surface area (Å²) in [6.45, 7) is 8.96. The van der Waals surface area contributed by atoms with Gasteiger partial charge in [-0.05, 0) is 51.8 Å². The van der Waals surface area contributed by atoms with Crippen LogP contribution < -0.4 is 20.1 Å². The number of nitrogens with zero attached hydrogens (tertiary/aromatic N) is 3. The minimum Gasteiger partial charge on any atom is -0.497 e. The molecule has 1 heterocycles. The van der Waals surface area contributed by atoms with Crippen molar-refractivity contribution in [1.82, 2.24) is 20.4 Å². The number of hydrogen-bond donors (Lipinski definition) is 2. The molecule has 7 nitrogen and oxygen atoms in total. The van der Waals surface area contributed by atoms with Gasteiger partial charge in [-0.15, -0.1) is 0 Å². The number of aryl methyl sites for hydroxylation is 2. The Hall–Kier alpha value is -2.70. The van der Waals surface area contributed by atoms with Gasteiger partial charge < -0.3 is 20.1 Å². The monoisotopic (exact) mass is 387 g/mol. The fourth-order valence-corrected chi connectivity index (χ4v) is 3.09. The van der Waals surface area contributed by atoms with Crippen LogP contribution in [0.3, 0.4) is 0 Å². The maximum absolute atomic E-state index is 5.95. The Morgan fingerprint density at radius 3 is 2.57 bits per heavy atom. The van der Waals surface area contributed by atoms with E-state index in [-0.39, 0.29) is 12.1 Å². The smallest absolute Gasteiger partial charge is 0.191 e. The van der Waals surface area contributed by atoms with Crippen molar-refractivity contribution in [3.8, 4) is 11.5 Å². The number of methoxy groups -OCH3 is 1. The zero-order valence-corrected chi connectivity index (χ0v) is 18.0. The molecular weight excluding hydrogens is 354 g/mol.